The van der Waals surface area contributed by atoms with Crippen molar-refractivity contribution in [2.45, 2.75) is 16.7 Å². The Morgan fingerprint density at radius 2 is 1.81 bits per heavy atom. The number of aromatic nitrogens is 3. The van der Waals surface area contributed by atoms with E-state index in [0.29, 0.717) is 17.0 Å². The molecule has 0 spiro atoms. The van der Waals surface area contributed by atoms with Crippen LogP contribution in [0.25, 0.3) is 11.0 Å². The summed E-state index contributed by atoms with van der Waals surface area (Å²) in [5.41, 5.74) is 2.65. The maximum Gasteiger partial charge on any atom is 0.337 e. The zero-order chi connectivity index (χ0) is 21.8. The molecule has 0 atom stereocenters. The topological polar surface area (TPSA) is 86.2 Å². The van der Waals surface area contributed by atoms with Gasteiger partial charge >= 0.3 is 5.97 Å². The summed E-state index contributed by atoms with van der Waals surface area (Å²) in [4.78, 5) is 27.2. The summed E-state index contributed by atoms with van der Waals surface area (Å²) >= 11 is 1.56. The third-order valence-electron chi connectivity index (χ3n) is 4.58. The number of carbonyl (C=O) groups excluding carboxylic acids is 1. The summed E-state index contributed by atoms with van der Waals surface area (Å²) in [6.45, 7) is 1.91. The highest BCUT2D eigenvalue weighted by Crippen LogP contribution is 2.37. The number of pyridine rings is 1. The van der Waals surface area contributed by atoms with Gasteiger partial charge in [-0.05, 0) is 61.5 Å². The number of hydrogen-bond donors (Lipinski definition) is 1. The van der Waals surface area contributed by atoms with Crippen molar-refractivity contribution in [3.05, 3.63) is 72.2 Å². The van der Waals surface area contributed by atoms with Crippen LogP contribution < -0.4 is 10.1 Å². The van der Waals surface area contributed by atoms with Crippen molar-refractivity contribution in [3.8, 4) is 5.75 Å². The van der Waals surface area contributed by atoms with Gasteiger partial charge in [0.05, 0.1) is 30.9 Å². The lowest BCUT2D eigenvalue weighted by Gasteiger charge is -2.14. The van der Waals surface area contributed by atoms with Crippen LogP contribution >= 0.6 is 11.8 Å². The fourth-order valence-corrected chi connectivity index (χ4v) is 3.88. The Labute approximate surface area is 183 Å². The van der Waals surface area contributed by atoms with Gasteiger partial charge in [-0.25, -0.2) is 19.7 Å². The zero-order valence-electron chi connectivity index (χ0n) is 17.2. The van der Waals surface area contributed by atoms with Gasteiger partial charge in [0.15, 0.2) is 5.65 Å². The van der Waals surface area contributed by atoms with Crippen LogP contribution in [0.5, 0.6) is 5.75 Å². The van der Waals surface area contributed by atoms with Crippen molar-refractivity contribution < 1.29 is 14.3 Å². The standard InChI is InChI=1S/C23H20N4O3S/c1-14-4-10-18-21(26-14)24-13-25-22(18)27-19-12-15(23(28)30-3)5-11-20(19)31-17-8-6-16(29-2)7-9-17/h4-13H,1-3H3,(H,24,25,26,27). The maximum atomic E-state index is 12.1. The van der Waals surface area contributed by atoms with Gasteiger partial charge in [-0.2, -0.15) is 0 Å². The molecule has 0 aliphatic heterocycles. The Bertz CT molecular complexity index is 1250. The summed E-state index contributed by atoms with van der Waals surface area (Å²) in [5.74, 6) is 0.990. The largest absolute Gasteiger partial charge is 0.497 e. The predicted molar refractivity (Wildman–Crippen MR) is 120 cm³/mol. The van der Waals surface area contributed by atoms with Gasteiger partial charge in [0.2, 0.25) is 0 Å². The summed E-state index contributed by atoms with van der Waals surface area (Å²) in [5, 5.41) is 4.14. The quantitative estimate of drug-likeness (QED) is 0.425. The molecule has 4 aromatic rings. The molecule has 0 saturated carbocycles. The Balaban J connectivity index is 1.74. The minimum Gasteiger partial charge on any atom is -0.497 e. The Morgan fingerprint density at radius 3 is 2.55 bits per heavy atom. The van der Waals surface area contributed by atoms with Gasteiger partial charge in [-0.15, -0.1) is 0 Å². The Kier molecular flexibility index (Phi) is 5.99. The lowest BCUT2D eigenvalue weighted by molar-refractivity contribution is 0.0600. The van der Waals surface area contributed by atoms with Crippen molar-refractivity contribution >= 4 is 40.3 Å². The molecule has 31 heavy (non-hydrogen) atoms. The molecule has 0 unspecified atom stereocenters. The van der Waals surface area contributed by atoms with E-state index in [0.717, 1.165) is 32.3 Å². The number of carbonyl (C=O) groups is 1. The van der Waals surface area contributed by atoms with Crippen LogP contribution in [0.1, 0.15) is 16.1 Å². The number of rotatable bonds is 6. The van der Waals surface area contributed by atoms with Crippen molar-refractivity contribution in [3.63, 3.8) is 0 Å². The van der Waals surface area contributed by atoms with Crippen LogP contribution in [0, 0.1) is 6.92 Å². The van der Waals surface area contributed by atoms with Gasteiger partial charge in [-0.1, -0.05) is 11.8 Å². The smallest absolute Gasteiger partial charge is 0.337 e. The normalized spacial score (nSPS) is 10.7. The van der Waals surface area contributed by atoms with Crippen molar-refractivity contribution in [2.24, 2.45) is 0 Å². The van der Waals surface area contributed by atoms with E-state index in [2.05, 4.69) is 20.3 Å². The number of fused-ring (bicyclic) bond motifs is 1. The second-order valence-corrected chi connectivity index (χ2v) is 7.77. The number of ether oxygens (including phenoxy) is 2. The Hall–Kier alpha value is -3.65. The summed E-state index contributed by atoms with van der Waals surface area (Å²) in [7, 11) is 3.00. The van der Waals surface area contributed by atoms with Crippen LogP contribution in [-0.4, -0.2) is 35.1 Å². The first-order valence-electron chi connectivity index (χ1n) is 9.47. The van der Waals surface area contributed by atoms with Gasteiger partial charge in [0.1, 0.15) is 17.9 Å². The summed E-state index contributed by atoms with van der Waals surface area (Å²) in [6, 6.07) is 17.0. The van der Waals surface area contributed by atoms with Crippen LogP contribution in [0.3, 0.4) is 0 Å². The molecule has 2 heterocycles. The minimum atomic E-state index is -0.408. The van der Waals surface area contributed by atoms with E-state index in [9.17, 15) is 4.79 Å². The highest BCUT2D eigenvalue weighted by molar-refractivity contribution is 7.99. The van der Waals surface area contributed by atoms with Crippen LogP contribution in [0.2, 0.25) is 0 Å². The van der Waals surface area contributed by atoms with Crippen LogP contribution in [-0.2, 0) is 4.74 Å². The van der Waals surface area contributed by atoms with E-state index < -0.39 is 5.97 Å². The number of aryl methyl sites for hydroxylation is 1. The predicted octanol–water partition coefficient (Wildman–Crippen LogP) is 5.02. The average Bonchev–Trinajstić information content (AvgIpc) is 2.80. The maximum absolute atomic E-state index is 12.1. The van der Waals surface area contributed by atoms with Crippen LogP contribution in [0.4, 0.5) is 11.5 Å². The first-order valence-corrected chi connectivity index (χ1v) is 10.3. The van der Waals surface area contributed by atoms with E-state index in [1.54, 1.807) is 31.0 Å². The van der Waals surface area contributed by atoms with Gasteiger partial charge < -0.3 is 14.8 Å². The van der Waals surface area contributed by atoms with Crippen LogP contribution in [0.15, 0.2) is 70.7 Å². The lowest BCUT2D eigenvalue weighted by Crippen LogP contribution is -2.04. The summed E-state index contributed by atoms with van der Waals surface area (Å²) in [6.07, 6.45) is 1.47. The molecular weight excluding hydrogens is 412 g/mol. The van der Waals surface area contributed by atoms with E-state index in [-0.39, 0.29) is 0 Å². The van der Waals surface area contributed by atoms with Crippen molar-refractivity contribution in [1.82, 2.24) is 15.0 Å². The van der Waals surface area contributed by atoms with E-state index >= 15 is 0 Å². The third-order valence-corrected chi connectivity index (χ3v) is 5.66. The molecule has 4 rings (SSSR count). The second kappa shape index (κ2) is 9.01. The molecular formula is C23H20N4O3S. The van der Waals surface area contributed by atoms with E-state index in [4.69, 9.17) is 9.47 Å². The zero-order valence-corrected chi connectivity index (χ0v) is 18.1. The van der Waals surface area contributed by atoms with Gasteiger partial charge in [0, 0.05) is 15.5 Å². The average molecular weight is 433 g/mol. The highest BCUT2D eigenvalue weighted by Gasteiger charge is 2.14. The number of nitrogens with zero attached hydrogens (tertiary/aromatic N) is 3. The van der Waals surface area contributed by atoms with Crippen molar-refractivity contribution in [2.75, 3.05) is 19.5 Å². The second-order valence-electron chi connectivity index (χ2n) is 6.65. The highest BCUT2D eigenvalue weighted by atomic mass is 32.2. The molecule has 2 aromatic heterocycles. The number of nitrogens with one attached hydrogen (secondary N) is 1. The molecule has 0 bridgehead atoms. The minimum absolute atomic E-state index is 0.408. The molecule has 0 aliphatic rings. The number of anilines is 2. The molecule has 0 fully saturated rings. The molecule has 0 saturated heterocycles. The fourth-order valence-electron chi connectivity index (χ4n) is 3.00. The molecule has 0 aliphatic carbocycles. The molecule has 156 valence electrons. The van der Waals surface area contributed by atoms with Crippen molar-refractivity contribution in [1.29, 1.82) is 0 Å². The fraction of sp³-hybridized carbons (Fsp3) is 0.130. The first-order chi connectivity index (χ1) is 15.1. The lowest BCUT2D eigenvalue weighted by atomic mass is 10.2. The first kappa shape index (κ1) is 20.6. The Morgan fingerprint density at radius 1 is 1.00 bits per heavy atom. The molecule has 7 nitrogen and oxygen atoms in total. The molecule has 0 amide bonds. The van der Waals surface area contributed by atoms with E-state index in [1.165, 1.54) is 13.4 Å². The SMILES string of the molecule is COC(=O)c1ccc(Sc2ccc(OC)cc2)c(Nc2ncnc3nc(C)ccc23)c1. The molecule has 1 N–H and O–H groups in total. The number of hydrogen-bond acceptors (Lipinski definition) is 8. The molecule has 8 heteroatoms. The van der Waals surface area contributed by atoms with Gasteiger partial charge in [-0.3, -0.25) is 0 Å². The monoisotopic (exact) mass is 432 g/mol. The molecule has 0 radical (unpaired) electrons. The third kappa shape index (κ3) is 4.59. The van der Waals surface area contributed by atoms with E-state index in [1.807, 2.05) is 49.4 Å². The van der Waals surface area contributed by atoms with Gasteiger partial charge in [0.25, 0.3) is 0 Å². The number of methoxy groups -OCH3 is 2. The number of benzene rings is 2. The number of esters is 1. The summed E-state index contributed by atoms with van der Waals surface area (Å²) < 4.78 is 10.1. The molecule has 2 aromatic carbocycles.